The van der Waals surface area contributed by atoms with Crippen molar-refractivity contribution in [3.05, 3.63) is 80.3 Å². The monoisotopic (exact) mass is 440 g/mol. The molecule has 2 aromatic carbocycles. The van der Waals surface area contributed by atoms with Crippen molar-refractivity contribution < 1.29 is 14.5 Å². The fraction of sp³-hybridized carbons (Fsp3) is 0.190. The average molecular weight is 440 g/mol. The zero-order valence-corrected chi connectivity index (χ0v) is 17.7. The first-order chi connectivity index (χ1) is 14.9. The van der Waals surface area contributed by atoms with Gasteiger partial charge in [-0.15, -0.1) is 11.8 Å². The summed E-state index contributed by atoms with van der Waals surface area (Å²) in [6.45, 7) is 1.74. The SMILES string of the molecule is COc1ccc(CSCC(=O)Nc2cccc(-c3nc(C)cc(=O)[nH]3)c2)cc1[N+](=O)[O-]. The van der Waals surface area contributed by atoms with Gasteiger partial charge in [-0.05, 0) is 30.7 Å². The molecule has 0 saturated carbocycles. The van der Waals surface area contributed by atoms with Gasteiger partial charge in [-0.1, -0.05) is 18.2 Å². The van der Waals surface area contributed by atoms with Crippen LogP contribution in [0.3, 0.4) is 0 Å². The Bertz CT molecular complexity index is 1180. The minimum Gasteiger partial charge on any atom is -0.490 e. The number of H-pyrrole nitrogens is 1. The zero-order valence-electron chi connectivity index (χ0n) is 16.9. The number of anilines is 1. The lowest BCUT2D eigenvalue weighted by atomic mass is 10.2. The van der Waals surface area contributed by atoms with E-state index in [0.29, 0.717) is 28.5 Å². The van der Waals surface area contributed by atoms with Crippen LogP contribution in [0.1, 0.15) is 11.3 Å². The lowest BCUT2D eigenvalue weighted by Crippen LogP contribution is -2.14. The number of hydrogen-bond donors (Lipinski definition) is 2. The molecule has 2 N–H and O–H groups in total. The van der Waals surface area contributed by atoms with E-state index < -0.39 is 4.92 Å². The maximum absolute atomic E-state index is 12.3. The normalized spacial score (nSPS) is 10.5. The lowest BCUT2D eigenvalue weighted by molar-refractivity contribution is -0.385. The van der Waals surface area contributed by atoms with E-state index >= 15 is 0 Å². The molecule has 3 aromatic rings. The van der Waals surface area contributed by atoms with E-state index in [1.165, 1.54) is 31.0 Å². The number of nitro benzene ring substituents is 1. The van der Waals surface area contributed by atoms with E-state index in [2.05, 4.69) is 15.3 Å². The molecule has 0 spiro atoms. The Hall–Kier alpha value is -3.66. The minimum atomic E-state index is -0.497. The topological polar surface area (TPSA) is 127 Å². The summed E-state index contributed by atoms with van der Waals surface area (Å²) < 4.78 is 4.99. The molecule has 10 heteroatoms. The summed E-state index contributed by atoms with van der Waals surface area (Å²) in [6.07, 6.45) is 0. The molecule has 0 unspecified atom stereocenters. The highest BCUT2D eigenvalue weighted by Crippen LogP contribution is 2.29. The summed E-state index contributed by atoms with van der Waals surface area (Å²) in [4.78, 5) is 41.6. The van der Waals surface area contributed by atoms with Gasteiger partial charge in [0.2, 0.25) is 5.91 Å². The molecule has 0 fully saturated rings. The van der Waals surface area contributed by atoms with Gasteiger partial charge in [0.05, 0.1) is 17.8 Å². The van der Waals surface area contributed by atoms with E-state index in [4.69, 9.17) is 4.74 Å². The summed E-state index contributed by atoms with van der Waals surface area (Å²) in [7, 11) is 1.38. The number of aryl methyl sites for hydroxylation is 1. The predicted molar refractivity (Wildman–Crippen MR) is 119 cm³/mol. The predicted octanol–water partition coefficient (Wildman–Crippen LogP) is 3.53. The van der Waals surface area contributed by atoms with Crippen LogP contribution in [0.15, 0.2) is 53.3 Å². The van der Waals surface area contributed by atoms with E-state index in [-0.39, 0.29) is 28.7 Å². The lowest BCUT2D eigenvalue weighted by Gasteiger charge is -2.08. The molecule has 1 amide bonds. The number of methoxy groups -OCH3 is 1. The number of nitro groups is 1. The number of thioether (sulfide) groups is 1. The van der Waals surface area contributed by atoms with Crippen LogP contribution in [-0.2, 0) is 10.5 Å². The van der Waals surface area contributed by atoms with E-state index in [9.17, 15) is 19.7 Å². The Kier molecular flexibility index (Phi) is 7.03. The van der Waals surface area contributed by atoms with Crippen molar-refractivity contribution in [1.29, 1.82) is 0 Å². The first-order valence-electron chi connectivity index (χ1n) is 9.23. The second kappa shape index (κ2) is 9.90. The molecule has 0 radical (unpaired) electrons. The van der Waals surface area contributed by atoms with Gasteiger partial charge in [-0.25, -0.2) is 4.98 Å². The first-order valence-corrected chi connectivity index (χ1v) is 10.4. The summed E-state index contributed by atoms with van der Waals surface area (Å²) >= 11 is 1.34. The Labute approximate surface area is 182 Å². The van der Waals surface area contributed by atoms with Crippen molar-refractivity contribution in [2.75, 3.05) is 18.2 Å². The minimum absolute atomic E-state index is 0.107. The maximum Gasteiger partial charge on any atom is 0.311 e. The number of benzene rings is 2. The van der Waals surface area contributed by atoms with Gasteiger partial charge in [-0.2, -0.15) is 0 Å². The summed E-state index contributed by atoms with van der Waals surface area (Å²) in [6, 6.07) is 13.2. The zero-order chi connectivity index (χ0) is 22.4. The highest BCUT2D eigenvalue weighted by molar-refractivity contribution is 7.99. The molecule has 160 valence electrons. The number of nitrogens with one attached hydrogen (secondary N) is 2. The molecule has 0 aliphatic carbocycles. The molecule has 3 rings (SSSR count). The molecule has 1 heterocycles. The van der Waals surface area contributed by atoms with Crippen LogP contribution in [0.25, 0.3) is 11.4 Å². The van der Waals surface area contributed by atoms with Crippen LogP contribution in [-0.4, -0.2) is 33.7 Å². The number of nitrogens with zero attached hydrogens (tertiary/aromatic N) is 2. The molecule has 9 nitrogen and oxygen atoms in total. The Balaban J connectivity index is 1.60. The molecule has 0 atom stereocenters. The number of aromatic nitrogens is 2. The van der Waals surface area contributed by atoms with Crippen molar-refractivity contribution in [2.45, 2.75) is 12.7 Å². The summed E-state index contributed by atoms with van der Waals surface area (Å²) in [5.41, 5.74) is 2.23. The second-order valence-electron chi connectivity index (χ2n) is 6.62. The summed E-state index contributed by atoms with van der Waals surface area (Å²) in [5, 5.41) is 13.9. The number of ether oxygens (including phenoxy) is 1. The number of carbonyl (C=O) groups excluding carboxylic acids is 1. The largest absolute Gasteiger partial charge is 0.490 e. The molecule has 0 bridgehead atoms. The second-order valence-corrected chi connectivity index (χ2v) is 7.61. The fourth-order valence-corrected chi connectivity index (χ4v) is 3.66. The third-order valence-electron chi connectivity index (χ3n) is 4.23. The van der Waals surface area contributed by atoms with Gasteiger partial charge in [-0.3, -0.25) is 19.7 Å². The van der Waals surface area contributed by atoms with Gasteiger partial charge in [0, 0.05) is 34.8 Å². The number of carbonyl (C=O) groups is 1. The van der Waals surface area contributed by atoms with Crippen LogP contribution < -0.4 is 15.6 Å². The number of hydrogen-bond acceptors (Lipinski definition) is 7. The van der Waals surface area contributed by atoms with Gasteiger partial charge < -0.3 is 15.0 Å². The Morgan fingerprint density at radius 2 is 2.06 bits per heavy atom. The number of rotatable bonds is 8. The number of aromatic amines is 1. The summed E-state index contributed by atoms with van der Waals surface area (Å²) in [5.74, 6) is 1.02. The third-order valence-corrected chi connectivity index (χ3v) is 5.24. The van der Waals surface area contributed by atoms with E-state index in [1.807, 2.05) is 0 Å². The van der Waals surface area contributed by atoms with Gasteiger partial charge in [0.15, 0.2) is 5.75 Å². The first kappa shape index (κ1) is 22.0. The standard InChI is InChI=1S/C21H20N4O5S/c1-13-8-19(26)24-21(22-13)15-4-3-5-16(10-15)23-20(27)12-31-11-14-6-7-18(30-2)17(9-14)25(28)29/h3-10H,11-12H2,1-2H3,(H,23,27)(H,22,24,26). The molecule has 0 aliphatic heterocycles. The van der Waals surface area contributed by atoms with Crippen LogP contribution in [0.5, 0.6) is 5.75 Å². The molecular weight excluding hydrogens is 420 g/mol. The quantitative estimate of drug-likeness (QED) is 0.405. The molecule has 31 heavy (non-hydrogen) atoms. The fourth-order valence-electron chi connectivity index (χ4n) is 2.89. The van der Waals surface area contributed by atoms with Crippen molar-refractivity contribution in [1.82, 2.24) is 9.97 Å². The molecular formula is C21H20N4O5S. The molecule has 0 saturated heterocycles. The Morgan fingerprint density at radius 1 is 1.26 bits per heavy atom. The van der Waals surface area contributed by atoms with Crippen molar-refractivity contribution >= 4 is 29.0 Å². The van der Waals surface area contributed by atoms with Crippen LogP contribution in [0.4, 0.5) is 11.4 Å². The van der Waals surface area contributed by atoms with Gasteiger partial charge in [0.1, 0.15) is 5.82 Å². The van der Waals surface area contributed by atoms with Crippen molar-refractivity contribution in [2.24, 2.45) is 0 Å². The highest BCUT2D eigenvalue weighted by atomic mass is 32.2. The van der Waals surface area contributed by atoms with Crippen LogP contribution in [0, 0.1) is 17.0 Å². The molecule has 1 aromatic heterocycles. The Morgan fingerprint density at radius 3 is 2.77 bits per heavy atom. The smallest absolute Gasteiger partial charge is 0.311 e. The highest BCUT2D eigenvalue weighted by Gasteiger charge is 2.15. The number of amides is 1. The van der Waals surface area contributed by atoms with Crippen LogP contribution >= 0.6 is 11.8 Å². The van der Waals surface area contributed by atoms with Crippen molar-refractivity contribution in [3.8, 4) is 17.1 Å². The average Bonchev–Trinajstić information content (AvgIpc) is 2.73. The van der Waals surface area contributed by atoms with E-state index in [1.54, 1.807) is 43.3 Å². The third kappa shape index (κ3) is 5.92. The van der Waals surface area contributed by atoms with Crippen molar-refractivity contribution in [3.63, 3.8) is 0 Å². The van der Waals surface area contributed by atoms with Gasteiger partial charge in [0.25, 0.3) is 5.56 Å². The van der Waals surface area contributed by atoms with Gasteiger partial charge >= 0.3 is 5.69 Å². The van der Waals surface area contributed by atoms with E-state index in [0.717, 1.165) is 5.56 Å². The maximum atomic E-state index is 12.3. The van der Waals surface area contributed by atoms with Crippen LogP contribution in [0.2, 0.25) is 0 Å². The molecule has 0 aliphatic rings.